The molecule has 0 saturated heterocycles. The maximum absolute atomic E-state index is 10.1. The molecule has 3 heteroatoms. The molecule has 1 aromatic carbocycles. The summed E-state index contributed by atoms with van der Waals surface area (Å²) in [7, 11) is 0. The van der Waals surface area contributed by atoms with Crippen molar-refractivity contribution >= 4 is 11.3 Å². The molecule has 1 aromatic heterocycles. The first-order valence-corrected chi connectivity index (χ1v) is 6.13. The quantitative estimate of drug-likeness (QED) is 0.884. The van der Waals surface area contributed by atoms with Crippen LogP contribution in [0.15, 0.2) is 30.5 Å². The summed E-state index contributed by atoms with van der Waals surface area (Å²) in [6, 6.07) is 8.15. The van der Waals surface area contributed by atoms with Crippen LogP contribution < -0.4 is 0 Å². The van der Waals surface area contributed by atoms with E-state index >= 15 is 0 Å². The Labute approximate surface area is 99.6 Å². The summed E-state index contributed by atoms with van der Waals surface area (Å²) >= 11 is 1.56. The van der Waals surface area contributed by atoms with Gasteiger partial charge < -0.3 is 5.11 Å². The molecule has 0 aliphatic rings. The van der Waals surface area contributed by atoms with Crippen LogP contribution in [0.1, 0.15) is 27.1 Å². The highest BCUT2D eigenvalue weighted by molar-refractivity contribution is 7.11. The largest absolute Gasteiger partial charge is 0.387 e. The Bertz CT molecular complexity index is 478. The molecule has 1 atom stereocenters. The lowest BCUT2D eigenvalue weighted by Gasteiger charge is -2.10. The minimum absolute atomic E-state index is 0.438. The van der Waals surface area contributed by atoms with Crippen LogP contribution in [0.3, 0.4) is 0 Å². The average Bonchev–Trinajstić information content (AvgIpc) is 2.68. The van der Waals surface area contributed by atoms with Gasteiger partial charge in [0.15, 0.2) is 0 Å². The summed E-state index contributed by atoms with van der Waals surface area (Å²) in [5.41, 5.74) is 2.42. The molecule has 0 aliphatic carbocycles. The minimum Gasteiger partial charge on any atom is -0.387 e. The fraction of sp³-hybridized carbons (Fsp3) is 0.308. The zero-order valence-electron chi connectivity index (χ0n) is 9.47. The number of aromatic nitrogens is 1. The molecule has 1 N–H and O–H groups in total. The number of hydrogen-bond acceptors (Lipinski definition) is 3. The van der Waals surface area contributed by atoms with E-state index in [1.807, 2.05) is 19.1 Å². The Hall–Kier alpha value is -1.19. The molecule has 0 fully saturated rings. The van der Waals surface area contributed by atoms with Crippen molar-refractivity contribution in [1.82, 2.24) is 4.98 Å². The van der Waals surface area contributed by atoms with Crippen molar-refractivity contribution in [3.63, 3.8) is 0 Å². The van der Waals surface area contributed by atoms with Crippen LogP contribution in [0.5, 0.6) is 0 Å². The molecule has 84 valence electrons. The number of rotatable bonds is 3. The lowest BCUT2D eigenvalue weighted by atomic mass is 10.0. The van der Waals surface area contributed by atoms with Gasteiger partial charge in [0.25, 0.3) is 0 Å². The van der Waals surface area contributed by atoms with Crippen molar-refractivity contribution in [2.24, 2.45) is 0 Å². The van der Waals surface area contributed by atoms with Crippen LogP contribution in [0, 0.1) is 13.8 Å². The molecule has 16 heavy (non-hydrogen) atoms. The van der Waals surface area contributed by atoms with Gasteiger partial charge in [-0.2, -0.15) is 0 Å². The number of nitrogens with zero attached hydrogens (tertiary/aromatic N) is 1. The highest BCUT2D eigenvalue weighted by atomic mass is 32.1. The lowest BCUT2D eigenvalue weighted by Crippen LogP contribution is -2.01. The molecule has 1 heterocycles. The third-order valence-corrected chi connectivity index (χ3v) is 3.66. The predicted octanol–water partition coefficient (Wildman–Crippen LogP) is 3.04. The second-order valence-electron chi connectivity index (χ2n) is 3.93. The first-order valence-electron chi connectivity index (χ1n) is 5.31. The lowest BCUT2D eigenvalue weighted by molar-refractivity contribution is 0.182. The first kappa shape index (κ1) is 11.3. The molecule has 2 rings (SSSR count). The number of hydrogen-bond donors (Lipinski definition) is 1. The Morgan fingerprint density at radius 3 is 2.69 bits per heavy atom. The average molecular weight is 233 g/mol. The van der Waals surface area contributed by atoms with E-state index in [4.69, 9.17) is 0 Å². The second-order valence-corrected chi connectivity index (χ2v) is 5.19. The topological polar surface area (TPSA) is 33.1 Å². The molecular formula is C13H15NOS. The summed E-state index contributed by atoms with van der Waals surface area (Å²) in [5.74, 6) is 0. The predicted molar refractivity (Wildman–Crippen MR) is 66.7 cm³/mol. The van der Waals surface area contributed by atoms with Crippen molar-refractivity contribution in [1.29, 1.82) is 0 Å². The van der Waals surface area contributed by atoms with Gasteiger partial charge in [0.05, 0.1) is 16.0 Å². The van der Waals surface area contributed by atoms with Gasteiger partial charge in [-0.1, -0.05) is 24.3 Å². The van der Waals surface area contributed by atoms with Gasteiger partial charge in [-0.3, -0.25) is 0 Å². The molecule has 0 aliphatic heterocycles. The van der Waals surface area contributed by atoms with Crippen LogP contribution >= 0.6 is 11.3 Å². The van der Waals surface area contributed by atoms with Crippen LogP contribution in [0.25, 0.3) is 0 Å². The Balaban J connectivity index is 2.13. The molecule has 0 spiro atoms. The summed E-state index contributed by atoms with van der Waals surface area (Å²) in [6.07, 6.45) is 1.99. The van der Waals surface area contributed by atoms with E-state index in [0.29, 0.717) is 6.42 Å². The zero-order chi connectivity index (χ0) is 11.5. The van der Waals surface area contributed by atoms with Gasteiger partial charge in [0.1, 0.15) is 0 Å². The maximum Gasteiger partial charge on any atom is 0.0938 e. The summed E-state index contributed by atoms with van der Waals surface area (Å²) in [6.45, 7) is 4.02. The Kier molecular flexibility index (Phi) is 3.36. The van der Waals surface area contributed by atoms with E-state index in [0.717, 1.165) is 9.88 Å². The normalized spacial score (nSPS) is 12.7. The maximum atomic E-state index is 10.1. The van der Waals surface area contributed by atoms with Crippen molar-refractivity contribution in [3.8, 4) is 0 Å². The van der Waals surface area contributed by atoms with E-state index in [1.54, 1.807) is 17.5 Å². The van der Waals surface area contributed by atoms with E-state index in [-0.39, 0.29) is 0 Å². The smallest absolute Gasteiger partial charge is 0.0938 e. The van der Waals surface area contributed by atoms with Crippen LogP contribution in [-0.2, 0) is 6.42 Å². The zero-order valence-corrected chi connectivity index (χ0v) is 10.3. The molecule has 2 nitrogen and oxygen atoms in total. The SMILES string of the molecule is Cc1ncc(C(O)Cc2ccccc2C)s1. The van der Waals surface area contributed by atoms with Crippen LogP contribution in [0.2, 0.25) is 0 Å². The molecule has 0 bridgehead atoms. The molecule has 0 amide bonds. The van der Waals surface area contributed by atoms with Gasteiger partial charge in [-0.25, -0.2) is 4.98 Å². The number of aryl methyl sites for hydroxylation is 2. The summed E-state index contributed by atoms with van der Waals surface area (Å²) in [5, 5.41) is 11.1. The van der Waals surface area contributed by atoms with Crippen molar-refractivity contribution in [2.45, 2.75) is 26.4 Å². The fourth-order valence-electron chi connectivity index (χ4n) is 1.68. The third kappa shape index (κ3) is 2.49. The van der Waals surface area contributed by atoms with Crippen LogP contribution in [0.4, 0.5) is 0 Å². The highest BCUT2D eigenvalue weighted by Gasteiger charge is 2.12. The van der Waals surface area contributed by atoms with E-state index in [9.17, 15) is 5.11 Å². The number of aliphatic hydroxyl groups is 1. The molecule has 2 aromatic rings. The van der Waals surface area contributed by atoms with Crippen LogP contribution in [-0.4, -0.2) is 10.1 Å². The number of aliphatic hydroxyl groups excluding tert-OH is 1. The Morgan fingerprint density at radius 1 is 1.31 bits per heavy atom. The van der Waals surface area contributed by atoms with Crippen molar-refractivity contribution in [3.05, 3.63) is 51.5 Å². The molecular weight excluding hydrogens is 218 g/mol. The van der Waals surface area contributed by atoms with Gasteiger partial charge in [-0.15, -0.1) is 11.3 Å². The van der Waals surface area contributed by atoms with Gasteiger partial charge in [-0.05, 0) is 25.0 Å². The molecule has 0 saturated carbocycles. The summed E-state index contributed by atoms with van der Waals surface area (Å²) < 4.78 is 0. The molecule has 0 radical (unpaired) electrons. The fourth-order valence-corrected chi connectivity index (χ4v) is 2.45. The number of benzene rings is 1. The van der Waals surface area contributed by atoms with E-state index in [2.05, 4.69) is 24.0 Å². The summed E-state index contributed by atoms with van der Waals surface area (Å²) in [4.78, 5) is 5.11. The first-order chi connectivity index (χ1) is 7.66. The second kappa shape index (κ2) is 4.76. The van der Waals surface area contributed by atoms with Gasteiger partial charge in [0.2, 0.25) is 0 Å². The van der Waals surface area contributed by atoms with Gasteiger partial charge >= 0.3 is 0 Å². The Morgan fingerprint density at radius 2 is 2.06 bits per heavy atom. The van der Waals surface area contributed by atoms with Crippen molar-refractivity contribution < 1.29 is 5.11 Å². The third-order valence-electron chi connectivity index (χ3n) is 2.64. The molecule has 1 unspecified atom stereocenters. The standard InChI is InChI=1S/C13H15NOS/c1-9-5-3-4-6-11(9)7-12(15)13-8-14-10(2)16-13/h3-6,8,12,15H,7H2,1-2H3. The monoisotopic (exact) mass is 233 g/mol. The highest BCUT2D eigenvalue weighted by Crippen LogP contribution is 2.24. The van der Waals surface area contributed by atoms with E-state index < -0.39 is 6.10 Å². The van der Waals surface area contributed by atoms with Crippen molar-refractivity contribution in [2.75, 3.05) is 0 Å². The van der Waals surface area contributed by atoms with E-state index in [1.165, 1.54) is 11.1 Å². The minimum atomic E-state index is -0.438. The van der Waals surface area contributed by atoms with Gasteiger partial charge in [0, 0.05) is 12.6 Å². The number of thiazole rings is 1.